The van der Waals surface area contributed by atoms with Gasteiger partial charge in [0.15, 0.2) is 0 Å². The Bertz CT molecular complexity index is 375. The first-order valence-electron chi connectivity index (χ1n) is 9.06. The Morgan fingerprint density at radius 2 is 1.52 bits per heavy atom. The second kappa shape index (κ2) is 11.1. The van der Waals surface area contributed by atoms with Gasteiger partial charge in [0, 0.05) is 18.5 Å². The zero-order valence-electron chi connectivity index (χ0n) is 17.2. The van der Waals surface area contributed by atoms with Crippen LogP contribution in [-0.4, -0.2) is 62.8 Å². The summed E-state index contributed by atoms with van der Waals surface area (Å²) in [6.45, 7) is 17.6. The summed E-state index contributed by atoms with van der Waals surface area (Å²) in [5.74, 6) is -0.190. The zero-order valence-corrected chi connectivity index (χ0v) is 17.2. The Morgan fingerprint density at radius 1 is 0.920 bits per heavy atom. The highest BCUT2D eigenvalue weighted by atomic mass is 16.6. The van der Waals surface area contributed by atoms with E-state index in [4.69, 9.17) is 19.3 Å². The van der Waals surface area contributed by atoms with Gasteiger partial charge in [-0.25, -0.2) is 0 Å². The van der Waals surface area contributed by atoms with Gasteiger partial charge >= 0.3 is 5.97 Å². The molecule has 2 N–H and O–H groups in total. The summed E-state index contributed by atoms with van der Waals surface area (Å²) in [5.41, 5.74) is -0.731. The Morgan fingerprint density at radius 3 is 2.08 bits per heavy atom. The Labute approximate surface area is 153 Å². The van der Waals surface area contributed by atoms with Crippen LogP contribution >= 0.6 is 0 Å². The maximum atomic E-state index is 12.0. The van der Waals surface area contributed by atoms with Gasteiger partial charge in [0.2, 0.25) is 0 Å². The average molecular weight is 362 g/mol. The molecule has 0 aliphatic carbocycles. The first kappa shape index (κ1) is 24.3. The van der Waals surface area contributed by atoms with Crippen LogP contribution in [0, 0.1) is 10.8 Å². The van der Waals surface area contributed by atoms with Crippen molar-refractivity contribution in [1.82, 2.24) is 5.32 Å². The van der Waals surface area contributed by atoms with Gasteiger partial charge in [-0.15, -0.1) is 0 Å². The van der Waals surface area contributed by atoms with E-state index in [1.165, 1.54) is 0 Å². The smallest absolute Gasteiger partial charge is 0.306 e. The molecule has 0 bridgehead atoms. The third-order valence-electron chi connectivity index (χ3n) is 3.29. The fourth-order valence-corrected chi connectivity index (χ4v) is 2.21. The third-order valence-corrected chi connectivity index (χ3v) is 3.29. The maximum Gasteiger partial charge on any atom is 0.306 e. The van der Waals surface area contributed by atoms with E-state index in [0.717, 1.165) is 13.1 Å². The molecule has 0 saturated carbocycles. The first-order valence-corrected chi connectivity index (χ1v) is 9.06. The molecular weight excluding hydrogens is 322 g/mol. The Kier molecular flexibility index (Phi) is 10.8. The quantitative estimate of drug-likeness (QED) is 0.387. The fourth-order valence-electron chi connectivity index (χ4n) is 2.21. The molecule has 0 fully saturated rings. The lowest BCUT2D eigenvalue weighted by Crippen LogP contribution is -2.36. The number of carbonyl (C=O) groups is 1. The molecule has 0 amide bonds. The van der Waals surface area contributed by atoms with Crippen LogP contribution in [0.2, 0.25) is 0 Å². The lowest BCUT2D eigenvalue weighted by molar-refractivity contribution is -0.158. The molecule has 0 unspecified atom stereocenters. The topological polar surface area (TPSA) is 77.0 Å². The average Bonchev–Trinajstić information content (AvgIpc) is 2.39. The van der Waals surface area contributed by atoms with E-state index in [0.29, 0.717) is 32.8 Å². The highest BCUT2D eigenvalue weighted by molar-refractivity contribution is 5.70. The van der Waals surface area contributed by atoms with Gasteiger partial charge in [-0.1, -0.05) is 27.7 Å². The van der Waals surface area contributed by atoms with Crippen molar-refractivity contribution in [2.75, 3.05) is 46.1 Å². The molecule has 0 aromatic heterocycles. The maximum absolute atomic E-state index is 12.0. The molecule has 150 valence electrons. The summed E-state index contributed by atoms with van der Waals surface area (Å²) in [5, 5.41) is 12.0. The lowest BCUT2D eigenvalue weighted by atomic mass is 9.90. The number of carbonyl (C=O) groups excluding carboxylic acids is 1. The molecule has 25 heavy (non-hydrogen) atoms. The van der Waals surface area contributed by atoms with Crippen molar-refractivity contribution >= 4 is 5.97 Å². The second-order valence-corrected chi connectivity index (χ2v) is 9.10. The minimum atomic E-state index is -0.456. The molecule has 0 radical (unpaired) electrons. The molecule has 0 aliphatic rings. The highest BCUT2D eigenvalue weighted by Crippen LogP contribution is 2.24. The van der Waals surface area contributed by atoms with Gasteiger partial charge in [-0.05, 0) is 26.2 Å². The number of aliphatic hydroxyl groups is 1. The molecule has 0 rings (SSSR count). The summed E-state index contributed by atoms with van der Waals surface area (Å²) in [7, 11) is 0. The molecule has 6 heteroatoms. The summed E-state index contributed by atoms with van der Waals surface area (Å²) in [6, 6.07) is 0. The summed E-state index contributed by atoms with van der Waals surface area (Å²) in [6.07, 6.45) is 0.338. The molecule has 0 atom stereocenters. The normalized spacial score (nSPS) is 13.1. The van der Waals surface area contributed by atoms with Crippen LogP contribution in [0.1, 0.15) is 54.9 Å². The minimum Gasteiger partial charge on any atom is -0.460 e. The van der Waals surface area contributed by atoms with Gasteiger partial charge < -0.3 is 24.6 Å². The molecule has 6 nitrogen and oxygen atoms in total. The molecule has 0 aromatic carbocycles. The van der Waals surface area contributed by atoms with Gasteiger partial charge in [0.1, 0.15) is 5.60 Å². The fraction of sp³-hybridized carbons (Fsp3) is 0.947. The number of hydrogen-bond donors (Lipinski definition) is 2. The second-order valence-electron chi connectivity index (χ2n) is 9.10. The summed E-state index contributed by atoms with van der Waals surface area (Å²) < 4.78 is 16.5. The molecular formula is C19H39NO5. The lowest BCUT2D eigenvalue weighted by Gasteiger charge is -2.29. The van der Waals surface area contributed by atoms with Crippen molar-refractivity contribution in [3.8, 4) is 0 Å². The molecule has 0 saturated heterocycles. The number of esters is 1. The number of aliphatic hydroxyl groups excluding tert-OH is 1. The van der Waals surface area contributed by atoms with Crippen molar-refractivity contribution in [1.29, 1.82) is 0 Å². The monoisotopic (exact) mass is 361 g/mol. The molecule has 0 heterocycles. The van der Waals surface area contributed by atoms with Crippen molar-refractivity contribution in [3.05, 3.63) is 0 Å². The number of ether oxygens (including phenoxy) is 3. The van der Waals surface area contributed by atoms with Crippen molar-refractivity contribution in [2.45, 2.75) is 60.5 Å². The van der Waals surface area contributed by atoms with Gasteiger partial charge in [0.25, 0.3) is 0 Å². The number of nitrogens with one attached hydrogen (secondary N) is 1. The van der Waals surface area contributed by atoms with Crippen molar-refractivity contribution in [2.24, 2.45) is 10.8 Å². The van der Waals surface area contributed by atoms with Crippen LogP contribution in [0.3, 0.4) is 0 Å². The van der Waals surface area contributed by atoms with Gasteiger partial charge in [-0.2, -0.15) is 0 Å². The highest BCUT2D eigenvalue weighted by Gasteiger charge is 2.27. The van der Waals surface area contributed by atoms with E-state index in [-0.39, 0.29) is 23.4 Å². The summed E-state index contributed by atoms with van der Waals surface area (Å²) >= 11 is 0. The van der Waals surface area contributed by atoms with Crippen molar-refractivity contribution < 1.29 is 24.1 Å². The van der Waals surface area contributed by atoms with Crippen LogP contribution in [-0.2, 0) is 19.0 Å². The first-order chi connectivity index (χ1) is 11.4. The van der Waals surface area contributed by atoms with Gasteiger partial charge in [-0.3, -0.25) is 4.79 Å². The van der Waals surface area contributed by atoms with E-state index < -0.39 is 5.60 Å². The molecule has 0 aromatic rings. The van der Waals surface area contributed by atoms with E-state index >= 15 is 0 Å². The van der Waals surface area contributed by atoms with Crippen molar-refractivity contribution in [3.63, 3.8) is 0 Å². The standard InChI is InChI=1S/C19H39NO5/c1-17(2,3)25-16(22)12-18(4,5)14-24-15-19(6,7)13-20-8-10-23-11-9-21/h20-21H,8-15H2,1-7H3. The van der Waals surface area contributed by atoms with Crippen LogP contribution in [0.25, 0.3) is 0 Å². The zero-order chi connectivity index (χ0) is 19.6. The van der Waals surface area contributed by atoms with Crippen LogP contribution < -0.4 is 5.32 Å². The Balaban J connectivity index is 4.02. The SMILES string of the molecule is CC(C)(CNCCOCCO)COCC(C)(C)CC(=O)OC(C)(C)C. The molecule has 0 aliphatic heterocycles. The van der Waals surface area contributed by atoms with E-state index in [1.807, 2.05) is 34.6 Å². The van der Waals surface area contributed by atoms with Crippen LogP contribution in [0.5, 0.6) is 0 Å². The third kappa shape index (κ3) is 15.3. The van der Waals surface area contributed by atoms with Gasteiger partial charge in [0.05, 0.1) is 39.5 Å². The predicted octanol–water partition coefficient (Wildman–Crippen LogP) is 2.39. The Hall–Kier alpha value is -0.690. The number of hydrogen-bond acceptors (Lipinski definition) is 6. The van der Waals surface area contributed by atoms with E-state index in [1.54, 1.807) is 0 Å². The van der Waals surface area contributed by atoms with E-state index in [2.05, 4.69) is 19.2 Å². The van der Waals surface area contributed by atoms with Crippen LogP contribution in [0.4, 0.5) is 0 Å². The number of rotatable bonds is 13. The predicted molar refractivity (Wildman–Crippen MR) is 99.6 cm³/mol. The minimum absolute atomic E-state index is 0.0149. The molecule has 0 spiro atoms. The summed E-state index contributed by atoms with van der Waals surface area (Å²) in [4.78, 5) is 12.0. The van der Waals surface area contributed by atoms with Crippen LogP contribution in [0.15, 0.2) is 0 Å². The largest absolute Gasteiger partial charge is 0.460 e. The van der Waals surface area contributed by atoms with E-state index in [9.17, 15) is 4.79 Å².